The number of para-hydroxylation sites is 2. The Kier molecular flexibility index (Phi) is 8.66. The largest absolute Gasteiger partial charge is 0.418 e. The van der Waals surface area contributed by atoms with Gasteiger partial charge in [-0.05, 0) is 35.8 Å². The molecule has 2 aromatic carbocycles. The van der Waals surface area contributed by atoms with Crippen LogP contribution in [0.2, 0.25) is 0 Å². The fourth-order valence-electron chi connectivity index (χ4n) is 2.62. The lowest BCUT2D eigenvalue weighted by molar-refractivity contribution is -0.137. The molecule has 0 fully saturated rings. The normalized spacial score (nSPS) is 11.8. The highest BCUT2D eigenvalue weighted by Gasteiger charge is 2.34. The maximum atomic E-state index is 13.0. The van der Waals surface area contributed by atoms with Crippen molar-refractivity contribution in [3.8, 4) is 0 Å². The number of aromatic nitrogens is 2. The van der Waals surface area contributed by atoms with Crippen LogP contribution in [0, 0.1) is 0 Å². The van der Waals surface area contributed by atoms with Crippen molar-refractivity contribution < 1.29 is 35.9 Å². The van der Waals surface area contributed by atoms with Crippen LogP contribution in [0.1, 0.15) is 11.1 Å². The molecule has 1 heterocycles. The van der Waals surface area contributed by atoms with Gasteiger partial charge in [-0.1, -0.05) is 47.8 Å². The highest BCUT2D eigenvalue weighted by molar-refractivity contribution is 8.02. The molecule has 15 heteroatoms. The average molecular weight is 553 g/mol. The number of nitrogens with one attached hydrogen (secondary N) is 2. The van der Waals surface area contributed by atoms with Crippen LogP contribution in [0.4, 0.5) is 37.7 Å². The minimum absolute atomic E-state index is 0.166. The molecule has 1 aromatic heterocycles. The third-order valence-corrected chi connectivity index (χ3v) is 6.86. The summed E-state index contributed by atoms with van der Waals surface area (Å²) in [6, 6.07) is 9.14. The van der Waals surface area contributed by atoms with Crippen LogP contribution in [0.3, 0.4) is 0 Å². The first-order valence-corrected chi connectivity index (χ1v) is 12.2. The second kappa shape index (κ2) is 11.3. The number of amides is 2. The summed E-state index contributed by atoms with van der Waals surface area (Å²) in [6.07, 6.45) is -9.25. The number of hydrogen-bond donors (Lipinski definition) is 2. The minimum Gasteiger partial charge on any atom is -0.325 e. The van der Waals surface area contributed by atoms with Gasteiger partial charge < -0.3 is 10.6 Å². The zero-order chi connectivity index (χ0) is 25.6. The van der Waals surface area contributed by atoms with Crippen molar-refractivity contribution in [2.24, 2.45) is 0 Å². The summed E-state index contributed by atoms with van der Waals surface area (Å²) in [4.78, 5) is 28.2. The minimum atomic E-state index is -4.62. The second-order valence-corrected chi connectivity index (χ2v) is 9.52. The zero-order valence-electron chi connectivity index (χ0n) is 17.2. The van der Waals surface area contributed by atoms with Gasteiger partial charge >= 0.3 is 12.4 Å². The molecular weight excluding hydrogens is 538 g/mol. The Morgan fingerprint density at radius 1 is 0.771 bits per heavy atom. The Hall–Kier alpha value is -2.78. The van der Waals surface area contributed by atoms with Crippen molar-refractivity contribution in [2.45, 2.75) is 21.8 Å². The third kappa shape index (κ3) is 7.86. The smallest absolute Gasteiger partial charge is 0.325 e. The average Bonchev–Trinajstić information content (AvgIpc) is 3.23. The second-order valence-electron chi connectivity index (χ2n) is 6.60. The topological polar surface area (TPSA) is 84.0 Å². The highest BCUT2D eigenvalue weighted by atomic mass is 32.2. The van der Waals surface area contributed by atoms with E-state index in [2.05, 4.69) is 20.0 Å². The van der Waals surface area contributed by atoms with E-state index >= 15 is 0 Å². The molecule has 2 N–H and O–H groups in total. The maximum absolute atomic E-state index is 13.0. The first-order valence-electron chi connectivity index (χ1n) is 9.45. The van der Waals surface area contributed by atoms with E-state index in [0.29, 0.717) is 4.34 Å². The predicted octanol–water partition coefficient (Wildman–Crippen LogP) is 6.04. The van der Waals surface area contributed by atoms with E-state index in [1.54, 1.807) is 0 Å². The molecule has 0 radical (unpaired) electrons. The number of anilines is 2. The Bertz CT molecular complexity index is 1110. The van der Waals surface area contributed by atoms with E-state index in [-0.39, 0.29) is 28.0 Å². The summed E-state index contributed by atoms with van der Waals surface area (Å²) in [7, 11) is 0. The van der Waals surface area contributed by atoms with Crippen molar-refractivity contribution in [3.63, 3.8) is 0 Å². The van der Waals surface area contributed by atoms with Crippen molar-refractivity contribution in [1.29, 1.82) is 0 Å². The van der Waals surface area contributed by atoms with Gasteiger partial charge in [0.05, 0.1) is 34.0 Å². The fraction of sp³-hybridized carbons (Fsp3) is 0.200. The van der Waals surface area contributed by atoms with Crippen molar-refractivity contribution in [3.05, 3.63) is 59.7 Å². The SMILES string of the molecule is O=C(CSc1nsc(SCC(=O)Nc2ccccc2C(F)(F)F)n1)Nc1ccccc1C(F)(F)F. The quantitative estimate of drug-likeness (QED) is 0.262. The molecule has 0 aliphatic heterocycles. The van der Waals surface area contributed by atoms with Gasteiger partial charge in [0.25, 0.3) is 0 Å². The van der Waals surface area contributed by atoms with Gasteiger partial charge in [-0.25, -0.2) is 4.98 Å². The van der Waals surface area contributed by atoms with Crippen LogP contribution >= 0.6 is 35.1 Å². The number of alkyl halides is 6. The van der Waals surface area contributed by atoms with Gasteiger partial charge in [0.2, 0.25) is 17.0 Å². The molecular formula is C20H14F6N4O2S3. The summed E-state index contributed by atoms with van der Waals surface area (Å²) in [5.41, 5.74) is -2.67. The Balaban J connectivity index is 1.49. The maximum Gasteiger partial charge on any atom is 0.418 e. The van der Waals surface area contributed by atoms with Gasteiger partial charge in [0.1, 0.15) is 0 Å². The standard InChI is InChI=1S/C20H14F6N4O2S3/c21-19(22,23)11-5-1-3-7-13(11)27-15(31)9-33-17-29-18(35-30-17)34-10-16(32)28-14-8-4-2-6-12(14)20(24,25)26/h1-8H,9-10H2,(H,27,31)(H,28,32). The van der Waals surface area contributed by atoms with Gasteiger partial charge in [0, 0.05) is 0 Å². The molecule has 3 rings (SSSR count). The first kappa shape index (κ1) is 26.8. The Labute approximate surface area is 207 Å². The number of halogens is 6. The molecule has 0 aliphatic carbocycles. The molecule has 0 atom stereocenters. The summed E-state index contributed by atoms with van der Waals surface area (Å²) in [5.74, 6) is -1.88. The Morgan fingerprint density at radius 2 is 1.23 bits per heavy atom. The Morgan fingerprint density at radius 3 is 1.71 bits per heavy atom. The number of thioether (sulfide) groups is 2. The van der Waals surface area contributed by atoms with Crippen molar-refractivity contribution in [2.75, 3.05) is 22.1 Å². The molecule has 0 saturated heterocycles. The number of rotatable bonds is 8. The van der Waals surface area contributed by atoms with Gasteiger partial charge in [-0.2, -0.15) is 30.7 Å². The molecule has 0 aliphatic rings. The molecule has 3 aromatic rings. The number of carbonyl (C=O) groups is 2. The molecule has 35 heavy (non-hydrogen) atoms. The van der Waals surface area contributed by atoms with Gasteiger partial charge in [-0.3, -0.25) is 9.59 Å². The van der Waals surface area contributed by atoms with E-state index in [1.807, 2.05) is 0 Å². The van der Waals surface area contributed by atoms with Crippen molar-refractivity contribution in [1.82, 2.24) is 9.36 Å². The predicted molar refractivity (Wildman–Crippen MR) is 122 cm³/mol. The van der Waals surface area contributed by atoms with Crippen LogP contribution < -0.4 is 10.6 Å². The van der Waals surface area contributed by atoms with Crippen LogP contribution in [-0.4, -0.2) is 32.7 Å². The van der Waals surface area contributed by atoms with Gasteiger partial charge in [0.15, 0.2) is 4.34 Å². The summed E-state index contributed by atoms with van der Waals surface area (Å²) < 4.78 is 82.4. The lowest BCUT2D eigenvalue weighted by atomic mass is 10.1. The first-order chi connectivity index (χ1) is 16.4. The van der Waals surface area contributed by atoms with Crippen LogP contribution in [0.15, 0.2) is 58.0 Å². The summed E-state index contributed by atoms with van der Waals surface area (Å²) >= 11 is 2.72. The number of nitrogens with zero attached hydrogens (tertiary/aromatic N) is 2. The zero-order valence-corrected chi connectivity index (χ0v) is 19.7. The molecule has 0 unspecified atom stereocenters. The number of carbonyl (C=O) groups excluding carboxylic acids is 2. The van der Waals surface area contributed by atoms with E-state index in [4.69, 9.17) is 0 Å². The molecule has 0 bridgehead atoms. The van der Waals surface area contributed by atoms with Crippen molar-refractivity contribution >= 4 is 58.2 Å². The highest BCUT2D eigenvalue weighted by Crippen LogP contribution is 2.36. The lowest BCUT2D eigenvalue weighted by Gasteiger charge is -2.13. The molecule has 0 spiro atoms. The molecule has 2 amide bonds. The van der Waals surface area contributed by atoms with E-state index in [9.17, 15) is 35.9 Å². The molecule has 186 valence electrons. The number of benzene rings is 2. The van der Waals surface area contributed by atoms with E-state index in [1.165, 1.54) is 24.3 Å². The third-order valence-electron chi connectivity index (χ3n) is 4.06. The van der Waals surface area contributed by atoms with Crippen LogP contribution in [-0.2, 0) is 21.9 Å². The number of hydrogen-bond acceptors (Lipinski definition) is 7. The summed E-state index contributed by atoms with van der Waals surface area (Å²) in [6.45, 7) is 0. The van der Waals surface area contributed by atoms with E-state index < -0.39 is 35.3 Å². The van der Waals surface area contributed by atoms with Crippen LogP contribution in [0.25, 0.3) is 0 Å². The van der Waals surface area contributed by atoms with Crippen LogP contribution in [0.5, 0.6) is 0 Å². The van der Waals surface area contributed by atoms with E-state index in [0.717, 1.165) is 59.3 Å². The lowest BCUT2D eigenvalue weighted by Crippen LogP contribution is -2.18. The summed E-state index contributed by atoms with van der Waals surface area (Å²) in [5, 5.41) is 4.58. The monoisotopic (exact) mass is 552 g/mol. The fourth-order valence-corrected chi connectivity index (χ4v) is 4.85. The van der Waals surface area contributed by atoms with Gasteiger partial charge in [-0.15, -0.1) is 0 Å². The molecule has 0 saturated carbocycles. The molecule has 6 nitrogen and oxygen atoms in total.